The molecule has 0 aliphatic heterocycles. The van der Waals surface area contributed by atoms with Crippen molar-refractivity contribution in [3.05, 3.63) is 145 Å². The van der Waals surface area contributed by atoms with E-state index in [2.05, 4.69) is 163 Å². The molecule has 0 spiro atoms. The lowest BCUT2D eigenvalue weighted by molar-refractivity contribution is 0.224. The van der Waals surface area contributed by atoms with Crippen LogP contribution < -0.4 is 20.7 Å². The van der Waals surface area contributed by atoms with E-state index >= 15 is 0 Å². The Kier molecular flexibility index (Phi) is 9.09. The monoisotopic (exact) mass is 604 g/mol. The van der Waals surface area contributed by atoms with E-state index in [9.17, 15) is 0 Å². The van der Waals surface area contributed by atoms with Crippen molar-refractivity contribution in [3.8, 4) is 0 Å². The van der Waals surface area contributed by atoms with Crippen LogP contribution in [-0.2, 0) is 22.1 Å². The summed E-state index contributed by atoms with van der Waals surface area (Å²) < 4.78 is 20.7. The Balaban J connectivity index is 1.44. The second-order valence-electron chi connectivity index (χ2n) is 13.3. The molecule has 0 aliphatic carbocycles. The Morgan fingerprint density at radius 3 is 0.907 bits per heavy atom. The minimum atomic E-state index is -2.67. The summed E-state index contributed by atoms with van der Waals surface area (Å²) in [4.78, 5) is 0. The fraction of sp³-hybridized carbons (Fsp3) is 0.263. The van der Waals surface area contributed by atoms with Gasteiger partial charge in [0.2, 0.25) is 0 Å². The maximum absolute atomic E-state index is 7.12. The first kappa shape index (κ1) is 31.0. The van der Waals surface area contributed by atoms with E-state index in [1.807, 2.05) is 12.1 Å². The summed E-state index contributed by atoms with van der Waals surface area (Å²) in [6.07, 6.45) is 0. The van der Waals surface area contributed by atoms with Gasteiger partial charge in [0, 0.05) is 0 Å². The molecule has 5 aromatic rings. The summed E-state index contributed by atoms with van der Waals surface area (Å²) in [5.41, 5.74) is 0. The van der Waals surface area contributed by atoms with Gasteiger partial charge in [-0.1, -0.05) is 163 Å². The molecular formula is C38H44O3Si2. The summed E-state index contributed by atoms with van der Waals surface area (Å²) in [6, 6.07) is 47.0. The molecule has 0 fully saturated rings. The fourth-order valence-electron chi connectivity index (χ4n) is 6.46. The average Bonchev–Trinajstić information content (AvgIpc) is 3.46. The van der Waals surface area contributed by atoms with E-state index in [4.69, 9.17) is 13.3 Å². The highest BCUT2D eigenvalue weighted by atomic mass is 28.4. The zero-order valence-corrected chi connectivity index (χ0v) is 28.3. The molecule has 3 nitrogen and oxygen atoms in total. The molecular weight excluding hydrogens is 561 g/mol. The Labute approximate surface area is 259 Å². The highest BCUT2D eigenvalue weighted by Gasteiger charge is 2.51. The summed E-state index contributed by atoms with van der Waals surface area (Å²) >= 11 is 0. The molecule has 0 saturated heterocycles. The standard InChI is InChI=1S/C38H44O3Si2/c1-37(2,3)42(33-19-11-7-12-20-33,34-21-13-8-14-22-34)39-29-31-27-28-32(41-31)30-40-43(38(4,5)6,35-23-15-9-16-24-35)36-25-17-10-18-26-36/h7-28H,29-30H2,1-6H3. The molecule has 5 rings (SSSR count). The van der Waals surface area contributed by atoms with Crippen LogP contribution in [0, 0.1) is 0 Å². The van der Waals surface area contributed by atoms with Crippen LogP contribution in [0.4, 0.5) is 0 Å². The van der Waals surface area contributed by atoms with E-state index in [-0.39, 0.29) is 10.1 Å². The van der Waals surface area contributed by atoms with Crippen molar-refractivity contribution in [1.82, 2.24) is 0 Å². The molecule has 4 aromatic carbocycles. The van der Waals surface area contributed by atoms with Crippen molar-refractivity contribution >= 4 is 37.4 Å². The second-order valence-corrected chi connectivity index (χ2v) is 21.9. The number of rotatable bonds is 10. The third-order valence-corrected chi connectivity index (χ3v) is 18.4. The predicted molar refractivity (Wildman–Crippen MR) is 184 cm³/mol. The lowest BCUT2D eigenvalue weighted by Gasteiger charge is -2.43. The molecule has 0 atom stereocenters. The molecule has 222 valence electrons. The van der Waals surface area contributed by atoms with E-state index < -0.39 is 16.6 Å². The van der Waals surface area contributed by atoms with Crippen molar-refractivity contribution in [2.24, 2.45) is 0 Å². The van der Waals surface area contributed by atoms with E-state index in [1.54, 1.807) is 0 Å². The molecule has 43 heavy (non-hydrogen) atoms. The van der Waals surface area contributed by atoms with Gasteiger partial charge in [-0.25, -0.2) is 0 Å². The third kappa shape index (κ3) is 6.13. The quantitative estimate of drug-likeness (QED) is 0.155. The van der Waals surface area contributed by atoms with Gasteiger partial charge in [0.05, 0.1) is 13.2 Å². The van der Waals surface area contributed by atoms with Crippen molar-refractivity contribution in [3.63, 3.8) is 0 Å². The number of hydrogen-bond acceptors (Lipinski definition) is 3. The largest absolute Gasteiger partial charge is 0.461 e. The number of benzene rings is 4. The SMILES string of the molecule is CC(C)(C)[Si](OCc1ccc(CO[Si](c2ccccc2)(c2ccccc2)C(C)(C)C)o1)(c1ccccc1)c1ccccc1. The Morgan fingerprint density at radius 2 is 0.674 bits per heavy atom. The van der Waals surface area contributed by atoms with Gasteiger partial charge in [0.1, 0.15) is 11.5 Å². The molecule has 1 aromatic heterocycles. The number of hydrogen-bond donors (Lipinski definition) is 0. The summed E-state index contributed by atoms with van der Waals surface area (Å²) in [6.45, 7) is 14.6. The van der Waals surface area contributed by atoms with Crippen LogP contribution in [0.2, 0.25) is 10.1 Å². The Hall–Kier alpha value is -3.49. The minimum absolute atomic E-state index is 0.0997. The van der Waals surface area contributed by atoms with Gasteiger partial charge in [-0.3, -0.25) is 0 Å². The molecule has 0 aliphatic rings. The van der Waals surface area contributed by atoms with Crippen molar-refractivity contribution in [1.29, 1.82) is 0 Å². The van der Waals surface area contributed by atoms with Crippen LogP contribution in [0.5, 0.6) is 0 Å². The van der Waals surface area contributed by atoms with E-state index in [0.717, 1.165) is 11.5 Å². The van der Waals surface area contributed by atoms with Gasteiger partial charge in [0.25, 0.3) is 16.6 Å². The van der Waals surface area contributed by atoms with Crippen LogP contribution >= 0.6 is 0 Å². The van der Waals surface area contributed by atoms with Gasteiger partial charge in [-0.05, 0) is 43.0 Å². The van der Waals surface area contributed by atoms with Crippen molar-refractivity contribution < 1.29 is 13.3 Å². The first-order valence-electron chi connectivity index (χ1n) is 15.2. The van der Waals surface area contributed by atoms with Gasteiger partial charge in [0.15, 0.2) is 0 Å². The second kappa shape index (κ2) is 12.6. The summed E-state index contributed by atoms with van der Waals surface area (Å²) in [5, 5.41) is 4.84. The molecule has 0 amide bonds. The third-order valence-electron chi connectivity index (χ3n) is 8.41. The highest BCUT2D eigenvalue weighted by Crippen LogP contribution is 2.39. The smallest absolute Gasteiger partial charge is 0.261 e. The van der Waals surface area contributed by atoms with Crippen LogP contribution in [0.25, 0.3) is 0 Å². The Bertz CT molecular complexity index is 1370. The average molecular weight is 605 g/mol. The van der Waals surface area contributed by atoms with Crippen LogP contribution in [0.3, 0.4) is 0 Å². The summed E-state index contributed by atoms with van der Waals surface area (Å²) in [5.74, 6) is 1.63. The van der Waals surface area contributed by atoms with Crippen molar-refractivity contribution in [2.45, 2.75) is 64.8 Å². The molecule has 5 heteroatoms. The fourth-order valence-corrected chi connectivity index (χ4v) is 15.5. The van der Waals surface area contributed by atoms with Gasteiger partial charge in [-0.2, -0.15) is 0 Å². The number of furan rings is 1. The molecule has 0 unspecified atom stereocenters. The van der Waals surface area contributed by atoms with Gasteiger partial charge in [-0.15, -0.1) is 0 Å². The van der Waals surface area contributed by atoms with E-state index in [0.29, 0.717) is 13.2 Å². The van der Waals surface area contributed by atoms with Crippen molar-refractivity contribution in [2.75, 3.05) is 0 Å². The lowest BCUT2D eigenvalue weighted by atomic mass is 10.2. The lowest BCUT2D eigenvalue weighted by Crippen LogP contribution is -2.66. The van der Waals surface area contributed by atoms with Crippen LogP contribution in [-0.4, -0.2) is 16.6 Å². The van der Waals surface area contributed by atoms with Gasteiger partial charge < -0.3 is 13.3 Å². The summed E-state index contributed by atoms with van der Waals surface area (Å²) in [7, 11) is -5.34. The molecule has 0 bridgehead atoms. The molecule has 0 saturated carbocycles. The normalized spacial score (nSPS) is 12.8. The van der Waals surface area contributed by atoms with Crippen LogP contribution in [0.1, 0.15) is 53.1 Å². The zero-order chi connectivity index (χ0) is 30.6. The topological polar surface area (TPSA) is 31.6 Å². The molecule has 0 N–H and O–H groups in total. The highest BCUT2D eigenvalue weighted by molar-refractivity contribution is 7.00. The first-order valence-corrected chi connectivity index (χ1v) is 19.0. The predicted octanol–water partition coefficient (Wildman–Crippen LogP) is 7.43. The van der Waals surface area contributed by atoms with Crippen LogP contribution in [0.15, 0.2) is 138 Å². The zero-order valence-electron chi connectivity index (χ0n) is 26.3. The maximum atomic E-state index is 7.12. The van der Waals surface area contributed by atoms with E-state index in [1.165, 1.54) is 20.7 Å². The first-order chi connectivity index (χ1) is 20.6. The Morgan fingerprint density at radius 1 is 0.419 bits per heavy atom. The molecule has 0 radical (unpaired) electrons. The molecule has 1 heterocycles. The van der Waals surface area contributed by atoms with Gasteiger partial charge >= 0.3 is 0 Å². The maximum Gasteiger partial charge on any atom is 0.261 e. The minimum Gasteiger partial charge on any atom is -0.461 e.